The number of aryl methyl sites for hydroxylation is 1. The molecule has 1 aliphatic rings. The second-order valence-electron chi connectivity index (χ2n) is 5.75. The molecular weight excluding hydrogens is 310 g/mol. The first-order chi connectivity index (χ1) is 10.9. The molecule has 23 heavy (non-hydrogen) atoms. The van der Waals surface area contributed by atoms with E-state index in [4.69, 9.17) is 0 Å². The van der Waals surface area contributed by atoms with Crippen LogP contribution in [0.1, 0.15) is 35.7 Å². The van der Waals surface area contributed by atoms with Crippen LogP contribution in [0, 0.1) is 5.82 Å². The number of nitrogens with one attached hydrogen (secondary N) is 1. The number of benzene rings is 1. The summed E-state index contributed by atoms with van der Waals surface area (Å²) >= 11 is 0. The number of hydrogen-bond acceptors (Lipinski definition) is 2. The summed E-state index contributed by atoms with van der Waals surface area (Å²) in [6, 6.07) is 2.49. The van der Waals surface area contributed by atoms with Crippen LogP contribution in [0.2, 0.25) is 0 Å². The highest BCUT2D eigenvalue weighted by atomic mass is 19.4. The van der Waals surface area contributed by atoms with Crippen molar-refractivity contribution in [2.24, 2.45) is 0 Å². The van der Waals surface area contributed by atoms with Gasteiger partial charge in [-0.05, 0) is 31.0 Å². The van der Waals surface area contributed by atoms with Gasteiger partial charge in [-0.2, -0.15) is 13.2 Å². The van der Waals surface area contributed by atoms with Crippen molar-refractivity contribution in [2.45, 2.75) is 38.0 Å². The number of nitrogens with zero attached hydrogens (tertiary/aromatic N) is 2. The minimum absolute atomic E-state index is 0.0268. The number of alkyl halides is 3. The Hall–Kier alpha value is -1.89. The van der Waals surface area contributed by atoms with Crippen molar-refractivity contribution in [3.8, 4) is 0 Å². The first-order valence-corrected chi connectivity index (χ1v) is 7.52. The average molecular weight is 327 g/mol. The highest BCUT2D eigenvalue weighted by molar-refractivity contribution is 5.27. The van der Waals surface area contributed by atoms with E-state index in [1.54, 1.807) is 6.20 Å². The molecule has 0 saturated carbocycles. The fourth-order valence-electron chi connectivity index (χ4n) is 2.97. The number of aromatic nitrogens is 2. The van der Waals surface area contributed by atoms with Gasteiger partial charge in [0.15, 0.2) is 0 Å². The van der Waals surface area contributed by atoms with Crippen molar-refractivity contribution in [3.63, 3.8) is 0 Å². The SMILES string of the molecule is Fc1ccc(C(F)(F)F)cc1CNC[C@@H]1CCCn2ccnc21. The molecule has 1 atom stereocenters. The van der Waals surface area contributed by atoms with Crippen molar-refractivity contribution in [1.29, 1.82) is 0 Å². The topological polar surface area (TPSA) is 29.9 Å². The Kier molecular flexibility index (Phi) is 4.39. The van der Waals surface area contributed by atoms with Gasteiger partial charge in [-0.15, -0.1) is 0 Å². The Balaban J connectivity index is 1.64. The van der Waals surface area contributed by atoms with Crippen molar-refractivity contribution >= 4 is 0 Å². The Morgan fingerprint density at radius 2 is 2.13 bits per heavy atom. The summed E-state index contributed by atoms with van der Waals surface area (Å²) in [5.41, 5.74) is -0.803. The molecule has 0 saturated heterocycles. The van der Waals surface area contributed by atoms with E-state index in [2.05, 4.69) is 14.9 Å². The lowest BCUT2D eigenvalue weighted by Crippen LogP contribution is -2.27. The van der Waals surface area contributed by atoms with Crippen LogP contribution >= 0.6 is 0 Å². The zero-order valence-corrected chi connectivity index (χ0v) is 12.4. The van der Waals surface area contributed by atoms with Crippen molar-refractivity contribution in [2.75, 3.05) is 6.54 Å². The average Bonchev–Trinajstić information content (AvgIpc) is 2.97. The maximum absolute atomic E-state index is 13.7. The van der Waals surface area contributed by atoms with E-state index in [9.17, 15) is 17.6 Å². The third-order valence-corrected chi connectivity index (χ3v) is 4.14. The van der Waals surface area contributed by atoms with Gasteiger partial charge in [-0.3, -0.25) is 0 Å². The lowest BCUT2D eigenvalue weighted by atomic mass is 9.99. The molecule has 1 N–H and O–H groups in total. The predicted octanol–water partition coefficient (Wildman–Crippen LogP) is 3.71. The lowest BCUT2D eigenvalue weighted by Gasteiger charge is -2.23. The van der Waals surface area contributed by atoms with Crippen LogP contribution in [0.4, 0.5) is 17.6 Å². The van der Waals surface area contributed by atoms with Crippen molar-refractivity contribution < 1.29 is 17.6 Å². The molecule has 2 heterocycles. The first kappa shape index (κ1) is 16.0. The van der Waals surface area contributed by atoms with Gasteiger partial charge in [0, 0.05) is 43.5 Å². The number of rotatable bonds is 4. The molecule has 0 bridgehead atoms. The summed E-state index contributed by atoms with van der Waals surface area (Å²) in [6.45, 7) is 1.56. The Morgan fingerprint density at radius 3 is 2.91 bits per heavy atom. The highest BCUT2D eigenvalue weighted by Gasteiger charge is 2.31. The van der Waals surface area contributed by atoms with Gasteiger partial charge in [-0.1, -0.05) is 0 Å². The van der Waals surface area contributed by atoms with Crippen LogP contribution in [-0.4, -0.2) is 16.1 Å². The van der Waals surface area contributed by atoms with Crippen LogP contribution in [0.3, 0.4) is 0 Å². The van der Waals surface area contributed by atoms with E-state index < -0.39 is 17.6 Å². The molecule has 0 spiro atoms. The maximum Gasteiger partial charge on any atom is 0.416 e. The quantitative estimate of drug-likeness (QED) is 0.868. The van der Waals surface area contributed by atoms with Crippen molar-refractivity contribution in [1.82, 2.24) is 14.9 Å². The van der Waals surface area contributed by atoms with E-state index in [0.29, 0.717) is 6.54 Å². The standard InChI is InChI=1S/C16H17F4N3/c17-14-4-3-13(16(18,19)20)8-12(14)10-21-9-11-2-1-6-23-7-5-22-15(11)23/h3-5,7-8,11,21H,1-2,6,9-10H2/t11-/m0/s1. The fourth-order valence-corrected chi connectivity index (χ4v) is 2.97. The van der Waals surface area contributed by atoms with Crippen molar-refractivity contribution in [3.05, 3.63) is 53.4 Å². The van der Waals surface area contributed by atoms with E-state index >= 15 is 0 Å². The smallest absolute Gasteiger partial charge is 0.335 e. The molecule has 1 aromatic heterocycles. The molecule has 0 fully saturated rings. The molecule has 1 aromatic carbocycles. The number of fused-ring (bicyclic) bond motifs is 1. The van der Waals surface area contributed by atoms with Crippen LogP contribution in [0.5, 0.6) is 0 Å². The van der Waals surface area contributed by atoms with Gasteiger partial charge in [0.05, 0.1) is 5.56 Å². The van der Waals surface area contributed by atoms with Gasteiger partial charge < -0.3 is 9.88 Å². The van der Waals surface area contributed by atoms with Crippen LogP contribution < -0.4 is 5.32 Å². The molecule has 0 unspecified atom stereocenters. The molecular formula is C16H17F4N3. The van der Waals surface area contributed by atoms with Crippen LogP contribution in [0.25, 0.3) is 0 Å². The van der Waals surface area contributed by atoms with Crippen LogP contribution in [0.15, 0.2) is 30.6 Å². The zero-order chi connectivity index (χ0) is 16.4. The lowest BCUT2D eigenvalue weighted by molar-refractivity contribution is -0.137. The summed E-state index contributed by atoms with van der Waals surface area (Å²) in [5.74, 6) is 0.552. The molecule has 1 aliphatic heterocycles. The van der Waals surface area contributed by atoms with E-state index in [0.717, 1.165) is 43.4 Å². The Bertz CT molecular complexity index is 678. The largest absolute Gasteiger partial charge is 0.416 e. The van der Waals surface area contributed by atoms with Gasteiger partial charge in [0.1, 0.15) is 11.6 Å². The zero-order valence-electron chi connectivity index (χ0n) is 12.4. The second-order valence-corrected chi connectivity index (χ2v) is 5.75. The molecule has 7 heteroatoms. The fraction of sp³-hybridized carbons (Fsp3) is 0.438. The summed E-state index contributed by atoms with van der Waals surface area (Å²) in [4.78, 5) is 4.33. The third-order valence-electron chi connectivity index (χ3n) is 4.14. The number of hydrogen-bond donors (Lipinski definition) is 1. The van der Waals surface area contributed by atoms with E-state index in [-0.39, 0.29) is 18.0 Å². The number of imidazole rings is 1. The molecule has 0 amide bonds. The first-order valence-electron chi connectivity index (χ1n) is 7.52. The highest BCUT2D eigenvalue weighted by Crippen LogP contribution is 2.30. The van der Waals surface area contributed by atoms with E-state index in [1.165, 1.54) is 0 Å². The molecule has 0 radical (unpaired) electrons. The Morgan fingerprint density at radius 1 is 1.30 bits per heavy atom. The normalized spacial score (nSPS) is 18.0. The minimum atomic E-state index is -4.46. The molecule has 3 rings (SSSR count). The summed E-state index contributed by atoms with van der Waals surface area (Å²) in [7, 11) is 0. The molecule has 124 valence electrons. The number of halogens is 4. The van der Waals surface area contributed by atoms with Gasteiger partial charge in [0.25, 0.3) is 0 Å². The monoisotopic (exact) mass is 327 g/mol. The van der Waals surface area contributed by atoms with Gasteiger partial charge in [0.2, 0.25) is 0 Å². The summed E-state index contributed by atoms with van der Waals surface area (Å²) in [6.07, 6.45) is 1.22. The van der Waals surface area contributed by atoms with Crippen LogP contribution in [-0.2, 0) is 19.3 Å². The van der Waals surface area contributed by atoms with Gasteiger partial charge >= 0.3 is 6.18 Å². The maximum atomic E-state index is 13.7. The molecule has 2 aromatic rings. The van der Waals surface area contributed by atoms with E-state index in [1.807, 2.05) is 6.20 Å². The summed E-state index contributed by atoms with van der Waals surface area (Å²) < 4.78 is 53.8. The second kappa shape index (κ2) is 6.31. The Labute approximate surface area is 131 Å². The third kappa shape index (κ3) is 3.55. The van der Waals surface area contributed by atoms with Gasteiger partial charge in [-0.25, -0.2) is 9.37 Å². The molecule has 0 aliphatic carbocycles. The minimum Gasteiger partial charge on any atom is -0.335 e. The molecule has 3 nitrogen and oxygen atoms in total. The predicted molar refractivity (Wildman–Crippen MR) is 77.3 cm³/mol. The summed E-state index contributed by atoms with van der Waals surface area (Å²) in [5, 5.41) is 3.06.